The third-order valence-electron chi connectivity index (χ3n) is 5.58. The fourth-order valence-electron chi connectivity index (χ4n) is 4.06. The summed E-state index contributed by atoms with van der Waals surface area (Å²) in [6.07, 6.45) is 3.39. The Kier molecular flexibility index (Phi) is 5.44. The van der Waals surface area contributed by atoms with E-state index in [0.717, 1.165) is 31.7 Å². The van der Waals surface area contributed by atoms with Crippen molar-refractivity contribution in [2.45, 2.75) is 44.9 Å². The van der Waals surface area contributed by atoms with E-state index in [9.17, 15) is 4.79 Å². The lowest BCUT2D eigenvalue weighted by Crippen LogP contribution is -2.61. The van der Waals surface area contributed by atoms with E-state index in [1.807, 2.05) is 29.2 Å². The molecule has 0 saturated carbocycles. The second kappa shape index (κ2) is 8.13. The van der Waals surface area contributed by atoms with Gasteiger partial charge in [0.1, 0.15) is 11.9 Å². The molecule has 2 aromatic carbocycles. The van der Waals surface area contributed by atoms with Crippen molar-refractivity contribution >= 4 is 5.91 Å². The van der Waals surface area contributed by atoms with Gasteiger partial charge in [0.2, 0.25) is 5.91 Å². The van der Waals surface area contributed by atoms with Crippen LogP contribution in [0.3, 0.4) is 0 Å². The summed E-state index contributed by atoms with van der Waals surface area (Å²) >= 11 is 0. The summed E-state index contributed by atoms with van der Waals surface area (Å²) in [5.41, 5.74) is 2.47. The van der Waals surface area contributed by atoms with Gasteiger partial charge >= 0.3 is 0 Å². The molecule has 0 aromatic heterocycles. The van der Waals surface area contributed by atoms with Gasteiger partial charge in [-0.25, -0.2) is 0 Å². The van der Waals surface area contributed by atoms with Crippen LogP contribution in [0.25, 0.3) is 0 Å². The van der Waals surface area contributed by atoms with Gasteiger partial charge in [-0.15, -0.1) is 0 Å². The lowest BCUT2D eigenvalue weighted by molar-refractivity contribution is -0.147. The number of hydrogen-bond donors (Lipinski definition) is 0. The van der Waals surface area contributed by atoms with E-state index in [1.54, 1.807) is 0 Å². The van der Waals surface area contributed by atoms with Crippen molar-refractivity contribution in [3.05, 3.63) is 65.7 Å². The van der Waals surface area contributed by atoms with Gasteiger partial charge in [0.25, 0.3) is 0 Å². The highest BCUT2D eigenvalue weighted by molar-refractivity contribution is 5.82. The highest BCUT2D eigenvalue weighted by Gasteiger charge is 2.38. The fraction of sp³-hybridized carbons (Fsp3) is 0.435. The van der Waals surface area contributed by atoms with Crippen molar-refractivity contribution in [3.63, 3.8) is 0 Å². The average Bonchev–Trinajstić information content (AvgIpc) is 2.65. The minimum Gasteiger partial charge on any atom is -0.487 e. The van der Waals surface area contributed by atoms with Gasteiger partial charge in [0.05, 0.1) is 19.1 Å². The number of carbonyl (C=O) groups excluding carboxylic acids is 1. The third kappa shape index (κ3) is 4.33. The molecule has 1 atom stereocenters. The first-order valence-electron chi connectivity index (χ1n) is 9.99. The molecule has 2 fully saturated rings. The topological polar surface area (TPSA) is 32.8 Å². The summed E-state index contributed by atoms with van der Waals surface area (Å²) in [4.78, 5) is 17.4. The Hall–Kier alpha value is -2.33. The molecule has 2 aliphatic rings. The van der Waals surface area contributed by atoms with Gasteiger partial charge < -0.3 is 9.64 Å². The predicted molar refractivity (Wildman–Crippen MR) is 107 cm³/mol. The largest absolute Gasteiger partial charge is 0.487 e. The average molecular weight is 364 g/mol. The van der Waals surface area contributed by atoms with Crippen LogP contribution in [0.15, 0.2) is 54.6 Å². The number of piperidine rings is 1. The van der Waals surface area contributed by atoms with Crippen molar-refractivity contribution in [3.8, 4) is 5.75 Å². The van der Waals surface area contributed by atoms with Crippen molar-refractivity contribution in [2.24, 2.45) is 0 Å². The molecule has 2 saturated heterocycles. The molecule has 0 radical (unpaired) electrons. The van der Waals surface area contributed by atoms with E-state index in [4.69, 9.17) is 4.74 Å². The summed E-state index contributed by atoms with van der Waals surface area (Å²) in [5.74, 6) is 1.17. The molecule has 4 nitrogen and oxygen atoms in total. The van der Waals surface area contributed by atoms with Crippen LogP contribution in [0.2, 0.25) is 0 Å². The van der Waals surface area contributed by atoms with E-state index >= 15 is 0 Å². The molecule has 27 heavy (non-hydrogen) atoms. The lowest BCUT2D eigenvalue weighted by atomic mass is 9.98. The van der Waals surface area contributed by atoms with Crippen LogP contribution in [-0.2, 0) is 11.3 Å². The molecular formula is C23H28N2O2. The molecule has 0 bridgehead atoms. The number of aryl methyl sites for hydroxylation is 1. The molecule has 142 valence electrons. The molecule has 0 aliphatic carbocycles. The molecule has 0 unspecified atom stereocenters. The SMILES string of the molecule is Cc1cccc(OC2CN(C(=O)[C@H]3CCCCN3Cc3ccccc3)C2)c1. The Balaban J connectivity index is 1.33. The molecule has 2 heterocycles. The van der Waals surface area contributed by atoms with Crippen LogP contribution in [0.1, 0.15) is 30.4 Å². The van der Waals surface area contributed by atoms with Gasteiger partial charge in [-0.1, -0.05) is 48.9 Å². The third-order valence-corrected chi connectivity index (χ3v) is 5.58. The summed E-state index contributed by atoms with van der Waals surface area (Å²) in [6.45, 7) is 5.31. The normalized spacial score (nSPS) is 20.9. The van der Waals surface area contributed by atoms with Crippen LogP contribution in [0.5, 0.6) is 5.75 Å². The Morgan fingerprint density at radius 2 is 1.89 bits per heavy atom. The zero-order valence-electron chi connectivity index (χ0n) is 16.0. The van der Waals surface area contributed by atoms with Gasteiger partial charge in [0.15, 0.2) is 0 Å². The highest BCUT2D eigenvalue weighted by Crippen LogP contribution is 2.25. The minimum atomic E-state index is 0.0128. The second-order valence-electron chi connectivity index (χ2n) is 7.77. The summed E-state index contributed by atoms with van der Waals surface area (Å²) in [5, 5.41) is 0. The number of ether oxygens (including phenoxy) is 1. The molecule has 2 aliphatic heterocycles. The lowest BCUT2D eigenvalue weighted by Gasteiger charge is -2.44. The quantitative estimate of drug-likeness (QED) is 0.812. The van der Waals surface area contributed by atoms with Crippen LogP contribution in [-0.4, -0.2) is 47.5 Å². The second-order valence-corrected chi connectivity index (χ2v) is 7.77. The molecule has 2 aromatic rings. The van der Waals surface area contributed by atoms with Crippen molar-refractivity contribution < 1.29 is 9.53 Å². The van der Waals surface area contributed by atoms with E-state index in [1.165, 1.54) is 17.5 Å². The maximum absolute atomic E-state index is 13.1. The number of hydrogen-bond acceptors (Lipinski definition) is 3. The van der Waals surface area contributed by atoms with Crippen LogP contribution in [0, 0.1) is 6.92 Å². The fourth-order valence-corrected chi connectivity index (χ4v) is 4.06. The zero-order valence-corrected chi connectivity index (χ0v) is 16.0. The maximum atomic E-state index is 13.1. The molecule has 1 amide bonds. The monoisotopic (exact) mass is 364 g/mol. The summed E-state index contributed by atoms with van der Waals surface area (Å²) in [6, 6.07) is 18.6. The van der Waals surface area contributed by atoms with Crippen LogP contribution < -0.4 is 4.74 Å². The maximum Gasteiger partial charge on any atom is 0.240 e. The number of carbonyl (C=O) groups is 1. The van der Waals surface area contributed by atoms with Crippen LogP contribution >= 0.6 is 0 Å². The Labute approximate surface area is 161 Å². The molecular weight excluding hydrogens is 336 g/mol. The van der Waals surface area contributed by atoms with E-state index in [2.05, 4.69) is 42.2 Å². The standard InChI is InChI=1S/C23H28N2O2/c1-18-8-7-11-20(14-18)27-21-16-25(17-21)23(26)22-12-5-6-13-24(22)15-19-9-3-2-4-10-19/h2-4,7-11,14,21-22H,5-6,12-13,15-17H2,1H3/t22-/m1/s1. The highest BCUT2D eigenvalue weighted by atomic mass is 16.5. The van der Waals surface area contributed by atoms with Gasteiger partial charge in [0, 0.05) is 6.54 Å². The van der Waals surface area contributed by atoms with Gasteiger partial charge in [-0.3, -0.25) is 9.69 Å². The molecule has 0 spiro atoms. The first-order valence-corrected chi connectivity index (χ1v) is 9.99. The van der Waals surface area contributed by atoms with Crippen molar-refractivity contribution in [1.29, 1.82) is 0 Å². The van der Waals surface area contributed by atoms with Crippen LogP contribution in [0.4, 0.5) is 0 Å². The number of likely N-dealkylation sites (tertiary alicyclic amines) is 2. The van der Waals surface area contributed by atoms with Crippen molar-refractivity contribution in [2.75, 3.05) is 19.6 Å². The Morgan fingerprint density at radius 1 is 1.07 bits per heavy atom. The predicted octanol–water partition coefficient (Wildman–Crippen LogP) is 3.64. The first kappa shape index (κ1) is 18.1. The smallest absolute Gasteiger partial charge is 0.240 e. The van der Waals surface area contributed by atoms with Crippen molar-refractivity contribution in [1.82, 2.24) is 9.80 Å². The van der Waals surface area contributed by atoms with E-state index in [-0.39, 0.29) is 18.1 Å². The summed E-state index contributed by atoms with van der Waals surface area (Å²) in [7, 11) is 0. The Morgan fingerprint density at radius 3 is 2.67 bits per heavy atom. The van der Waals surface area contributed by atoms with E-state index in [0.29, 0.717) is 13.1 Å². The molecule has 4 heteroatoms. The summed E-state index contributed by atoms with van der Waals surface area (Å²) < 4.78 is 6.01. The van der Waals surface area contributed by atoms with Gasteiger partial charge in [-0.05, 0) is 49.6 Å². The van der Waals surface area contributed by atoms with E-state index < -0.39 is 0 Å². The molecule has 4 rings (SSSR count). The number of benzene rings is 2. The molecule has 0 N–H and O–H groups in total. The zero-order chi connectivity index (χ0) is 18.6. The van der Waals surface area contributed by atoms with Gasteiger partial charge in [-0.2, -0.15) is 0 Å². The number of nitrogens with zero attached hydrogens (tertiary/aromatic N) is 2. The Bertz CT molecular complexity index is 771. The number of rotatable bonds is 5. The first-order chi connectivity index (χ1) is 13.2. The number of amides is 1. The minimum absolute atomic E-state index is 0.0128.